The summed E-state index contributed by atoms with van der Waals surface area (Å²) >= 11 is 0. The van der Waals surface area contributed by atoms with E-state index in [0.29, 0.717) is 37.8 Å². The summed E-state index contributed by atoms with van der Waals surface area (Å²) in [5, 5.41) is 6.71. The minimum atomic E-state index is -0.571. The molecule has 1 saturated heterocycles. The van der Waals surface area contributed by atoms with E-state index in [1.165, 1.54) is 6.07 Å². The Labute approximate surface area is 192 Å². The topological polar surface area (TPSA) is 94.5 Å². The number of aliphatic imine (C=N–C) groups is 2. The lowest BCUT2D eigenvalue weighted by molar-refractivity contribution is -0.135. The molecule has 4 aliphatic heterocycles. The monoisotopic (exact) mass is 453 g/mol. The van der Waals surface area contributed by atoms with Crippen LogP contribution in [0.2, 0.25) is 0 Å². The fraction of sp³-hybridized carbons (Fsp3) is 0.478. The molecule has 4 aliphatic rings. The first-order chi connectivity index (χ1) is 16.0. The maximum Gasteiger partial charge on any atom is 0.219 e. The van der Waals surface area contributed by atoms with Crippen molar-refractivity contribution in [3.63, 3.8) is 0 Å². The molecular weight excluding hydrogens is 425 g/mol. The molecule has 3 atom stereocenters. The normalized spacial score (nSPS) is 26.5. The van der Waals surface area contributed by atoms with E-state index >= 15 is 0 Å². The molecule has 2 N–H and O–H groups in total. The van der Waals surface area contributed by atoms with Gasteiger partial charge in [-0.15, -0.1) is 0 Å². The summed E-state index contributed by atoms with van der Waals surface area (Å²) in [5.74, 6) is 0.769. The summed E-state index contributed by atoms with van der Waals surface area (Å²) < 4.78 is 20.2. The van der Waals surface area contributed by atoms with Crippen molar-refractivity contribution in [3.8, 4) is 5.75 Å². The molecule has 5 heterocycles. The number of allylic oxidation sites excluding steroid dienone is 1. The highest BCUT2D eigenvalue weighted by molar-refractivity contribution is 5.84. The summed E-state index contributed by atoms with van der Waals surface area (Å²) in [6.07, 6.45) is 7.85. The van der Waals surface area contributed by atoms with Crippen molar-refractivity contribution < 1.29 is 13.9 Å². The average molecular weight is 454 g/mol. The van der Waals surface area contributed by atoms with Gasteiger partial charge in [-0.1, -0.05) is 0 Å². The van der Waals surface area contributed by atoms with Crippen LogP contribution in [0.15, 0.2) is 45.7 Å². The summed E-state index contributed by atoms with van der Waals surface area (Å²) in [6, 6.07) is 3.08. The Kier molecular flexibility index (Phi) is 5.74. The first-order valence-corrected chi connectivity index (χ1v) is 11.3. The number of aromatic nitrogens is 1. The van der Waals surface area contributed by atoms with Crippen molar-refractivity contribution >= 4 is 24.2 Å². The molecule has 3 unspecified atom stereocenters. The Bertz CT molecular complexity index is 1050. The smallest absolute Gasteiger partial charge is 0.219 e. The van der Waals surface area contributed by atoms with Gasteiger partial charge in [0.1, 0.15) is 11.6 Å². The van der Waals surface area contributed by atoms with Crippen LogP contribution in [0.3, 0.4) is 0 Å². The van der Waals surface area contributed by atoms with Gasteiger partial charge in [0, 0.05) is 74.7 Å². The second-order valence-electron chi connectivity index (χ2n) is 8.77. The van der Waals surface area contributed by atoms with Gasteiger partial charge in [0.2, 0.25) is 11.9 Å². The number of likely N-dealkylation sites (tertiary alicyclic amines) is 1. The van der Waals surface area contributed by atoms with E-state index in [0.717, 1.165) is 17.7 Å². The molecule has 174 valence electrons. The molecule has 0 spiro atoms. The molecule has 5 rings (SSSR count). The molecule has 0 aliphatic carbocycles. The number of hydrogen-bond donors (Lipinski definition) is 2. The van der Waals surface area contributed by atoms with E-state index in [1.807, 2.05) is 18.5 Å². The number of rotatable bonds is 5. The highest BCUT2D eigenvalue weighted by atomic mass is 19.1. The lowest BCUT2D eigenvalue weighted by atomic mass is 9.97. The van der Waals surface area contributed by atoms with Gasteiger partial charge in [-0.05, 0) is 19.2 Å². The van der Waals surface area contributed by atoms with Crippen LogP contribution in [-0.4, -0.2) is 72.8 Å². The number of nitrogens with zero attached hydrogens (tertiary/aromatic N) is 5. The molecule has 1 amide bonds. The van der Waals surface area contributed by atoms with Crippen molar-refractivity contribution in [2.45, 2.75) is 38.6 Å². The van der Waals surface area contributed by atoms with Gasteiger partial charge in [0.15, 0.2) is 12.3 Å². The number of ether oxygens (including phenoxy) is 1. The zero-order valence-corrected chi connectivity index (χ0v) is 18.7. The molecule has 10 heteroatoms. The standard InChI is InChI=1S/C23H28FN7O2/c1-14-18-10-27-23(22-25-5-3-6-26-22)28-19(18)4-7-31(14)21-9-17(8-20(24)29-21)33-13-16-11-30(12-16)15(2)32/h3,5-6,8-10,14,16,22-23,25,28H,4,7,11-13H2,1-2H3. The van der Waals surface area contributed by atoms with E-state index in [-0.39, 0.29) is 30.2 Å². The summed E-state index contributed by atoms with van der Waals surface area (Å²) in [6.45, 7) is 6.14. The van der Waals surface area contributed by atoms with Crippen LogP contribution in [-0.2, 0) is 4.79 Å². The lowest BCUT2D eigenvalue weighted by Gasteiger charge is -2.40. The predicted molar refractivity (Wildman–Crippen MR) is 124 cm³/mol. The zero-order valence-electron chi connectivity index (χ0n) is 18.7. The van der Waals surface area contributed by atoms with E-state index in [9.17, 15) is 9.18 Å². The Morgan fingerprint density at radius 2 is 2.12 bits per heavy atom. The van der Waals surface area contributed by atoms with E-state index in [2.05, 4.69) is 37.4 Å². The number of nitrogens with one attached hydrogen (secondary N) is 2. The highest BCUT2D eigenvalue weighted by Crippen LogP contribution is 2.31. The maximum atomic E-state index is 14.3. The van der Waals surface area contributed by atoms with Crippen LogP contribution >= 0.6 is 0 Å². The summed E-state index contributed by atoms with van der Waals surface area (Å²) in [7, 11) is 0. The fourth-order valence-corrected chi connectivity index (χ4v) is 4.57. The summed E-state index contributed by atoms with van der Waals surface area (Å²) in [5.41, 5.74) is 2.21. The third kappa shape index (κ3) is 4.42. The van der Waals surface area contributed by atoms with Crippen LogP contribution in [0.5, 0.6) is 5.75 Å². The number of amides is 1. The molecule has 0 radical (unpaired) electrons. The summed E-state index contributed by atoms with van der Waals surface area (Å²) in [4.78, 5) is 28.4. The van der Waals surface area contributed by atoms with Crippen molar-refractivity contribution in [2.75, 3.05) is 31.1 Å². The first kappa shape index (κ1) is 21.4. The minimum Gasteiger partial charge on any atom is -0.493 e. The van der Waals surface area contributed by atoms with Gasteiger partial charge in [-0.3, -0.25) is 14.8 Å². The highest BCUT2D eigenvalue weighted by Gasteiger charge is 2.33. The van der Waals surface area contributed by atoms with Crippen LogP contribution in [0.25, 0.3) is 0 Å². The van der Waals surface area contributed by atoms with Crippen LogP contribution in [0.4, 0.5) is 10.2 Å². The Balaban J connectivity index is 1.24. The SMILES string of the molecule is CC(=O)N1CC(COc2cc(F)nc(N3CCC4=C(C=NC(C5N=CC=CN5)N4)C3C)c2)C1. The number of carbonyl (C=O) groups is 1. The second-order valence-corrected chi connectivity index (χ2v) is 8.77. The molecule has 1 aromatic rings. The first-order valence-electron chi connectivity index (χ1n) is 11.3. The van der Waals surface area contributed by atoms with Crippen LogP contribution in [0.1, 0.15) is 20.3 Å². The van der Waals surface area contributed by atoms with Crippen LogP contribution in [0, 0.1) is 11.9 Å². The Hall–Kier alpha value is -3.43. The van der Waals surface area contributed by atoms with Crippen molar-refractivity contribution in [3.05, 3.63) is 41.6 Å². The molecule has 33 heavy (non-hydrogen) atoms. The third-order valence-corrected chi connectivity index (χ3v) is 6.50. The second kappa shape index (κ2) is 8.84. The Morgan fingerprint density at radius 1 is 1.27 bits per heavy atom. The maximum absolute atomic E-state index is 14.3. The van der Waals surface area contributed by atoms with Crippen molar-refractivity contribution in [2.24, 2.45) is 15.9 Å². The number of halogens is 1. The number of pyridine rings is 1. The molecule has 1 fully saturated rings. The van der Waals surface area contributed by atoms with E-state index in [4.69, 9.17) is 4.74 Å². The van der Waals surface area contributed by atoms with Gasteiger partial charge >= 0.3 is 0 Å². The number of anilines is 1. The molecule has 0 aromatic carbocycles. The van der Waals surface area contributed by atoms with Crippen LogP contribution < -0.4 is 20.3 Å². The number of hydrogen-bond acceptors (Lipinski definition) is 8. The molecule has 1 aromatic heterocycles. The zero-order chi connectivity index (χ0) is 22.9. The quantitative estimate of drug-likeness (QED) is 0.656. The largest absolute Gasteiger partial charge is 0.493 e. The van der Waals surface area contributed by atoms with Gasteiger partial charge in [0.05, 0.1) is 12.6 Å². The minimum absolute atomic E-state index is 0.0217. The molecule has 0 saturated carbocycles. The van der Waals surface area contributed by atoms with Gasteiger partial charge in [-0.2, -0.15) is 4.39 Å². The van der Waals surface area contributed by atoms with Crippen molar-refractivity contribution in [1.82, 2.24) is 20.5 Å². The van der Waals surface area contributed by atoms with Crippen molar-refractivity contribution in [1.29, 1.82) is 0 Å². The fourth-order valence-electron chi connectivity index (χ4n) is 4.57. The van der Waals surface area contributed by atoms with Gasteiger partial charge in [0.25, 0.3) is 0 Å². The average Bonchev–Trinajstić information content (AvgIpc) is 2.78. The molecule has 9 nitrogen and oxygen atoms in total. The third-order valence-electron chi connectivity index (χ3n) is 6.50. The molecular formula is C23H28FN7O2. The predicted octanol–water partition coefficient (Wildman–Crippen LogP) is 1.44. The lowest BCUT2D eigenvalue weighted by Crippen LogP contribution is -2.51. The van der Waals surface area contributed by atoms with Gasteiger partial charge < -0.3 is 25.2 Å². The molecule has 0 bridgehead atoms. The van der Waals surface area contributed by atoms with E-state index in [1.54, 1.807) is 24.1 Å². The Morgan fingerprint density at radius 3 is 2.88 bits per heavy atom. The van der Waals surface area contributed by atoms with E-state index < -0.39 is 5.95 Å². The van der Waals surface area contributed by atoms with Gasteiger partial charge in [-0.25, -0.2) is 4.98 Å². The number of carbonyl (C=O) groups excluding carboxylic acids is 1.